The van der Waals surface area contributed by atoms with Crippen LogP contribution in [0.5, 0.6) is 23.0 Å². The SMILES string of the molecule is c1ccc(CC(c2ccccc2)c2cc3c(cc2N(c2ccccc2)c2ccccc2)Oc2cc4c(cc2O3)C2(c3ccccc3-c3ccccc32)c2ccccc2-4)cc1. The number of anilines is 3. The highest BCUT2D eigenvalue weighted by atomic mass is 16.6. The summed E-state index contributed by atoms with van der Waals surface area (Å²) in [6.07, 6.45) is 0.804. The molecule has 1 atom stereocenters. The Morgan fingerprint density at radius 3 is 1.38 bits per heavy atom. The minimum atomic E-state index is -0.479. The van der Waals surface area contributed by atoms with Crippen molar-refractivity contribution in [2.45, 2.75) is 17.8 Å². The minimum absolute atomic E-state index is 0.00176. The van der Waals surface area contributed by atoms with Gasteiger partial charge in [0.05, 0.1) is 11.1 Å². The van der Waals surface area contributed by atoms with E-state index in [1.165, 1.54) is 55.6 Å². The van der Waals surface area contributed by atoms with Crippen molar-refractivity contribution in [3.63, 3.8) is 0 Å². The molecule has 1 spiro atoms. The highest BCUT2D eigenvalue weighted by Gasteiger charge is 2.52. The molecule has 1 heterocycles. The standard InChI is InChI=1S/C57H39NO2/c1-5-19-38(20-6-1)33-45(39-21-7-2-8-22-39)47-35-54-56(37-52(47)58(40-23-9-3-10-24-40)41-25-11-4-12-26-41)60-53-34-46-44-29-15-18-32-50(44)57(51(46)36-55(53)59-54)48-30-16-13-27-42(48)43-28-14-17-31-49(43)57/h1-32,34-37,45H,33H2. The number of hydrogen-bond donors (Lipinski definition) is 0. The fraction of sp³-hybridized carbons (Fsp3) is 0.0526. The van der Waals surface area contributed by atoms with E-state index in [1.54, 1.807) is 0 Å². The van der Waals surface area contributed by atoms with Gasteiger partial charge in [-0.15, -0.1) is 0 Å². The molecule has 60 heavy (non-hydrogen) atoms. The van der Waals surface area contributed by atoms with Crippen LogP contribution in [-0.4, -0.2) is 0 Å². The van der Waals surface area contributed by atoms with Crippen LogP contribution in [0.2, 0.25) is 0 Å². The van der Waals surface area contributed by atoms with Gasteiger partial charge in [-0.3, -0.25) is 0 Å². The molecule has 0 saturated heterocycles. The van der Waals surface area contributed by atoms with Crippen LogP contribution in [0.15, 0.2) is 218 Å². The molecule has 0 radical (unpaired) electrons. The molecular weight excluding hydrogens is 731 g/mol. The molecule has 0 aromatic heterocycles. The smallest absolute Gasteiger partial charge is 0.172 e. The normalized spacial score (nSPS) is 13.7. The van der Waals surface area contributed by atoms with Gasteiger partial charge in [0.1, 0.15) is 0 Å². The van der Waals surface area contributed by atoms with Crippen molar-refractivity contribution < 1.29 is 9.47 Å². The van der Waals surface area contributed by atoms with Crippen LogP contribution < -0.4 is 14.4 Å². The van der Waals surface area contributed by atoms with E-state index in [0.717, 1.165) is 34.8 Å². The second-order valence-electron chi connectivity index (χ2n) is 16.0. The topological polar surface area (TPSA) is 21.7 Å². The predicted molar refractivity (Wildman–Crippen MR) is 242 cm³/mol. The summed E-state index contributed by atoms with van der Waals surface area (Å²) < 4.78 is 14.2. The van der Waals surface area contributed by atoms with Gasteiger partial charge in [0.2, 0.25) is 0 Å². The number of hydrogen-bond acceptors (Lipinski definition) is 3. The Balaban J connectivity index is 1.08. The van der Waals surface area contributed by atoms with Crippen LogP contribution in [0.3, 0.4) is 0 Å². The van der Waals surface area contributed by atoms with Crippen molar-refractivity contribution in [2.75, 3.05) is 4.90 Å². The van der Waals surface area contributed by atoms with E-state index in [1.807, 2.05) is 0 Å². The highest BCUT2D eigenvalue weighted by molar-refractivity contribution is 5.96. The fourth-order valence-corrected chi connectivity index (χ4v) is 10.2. The first-order chi connectivity index (χ1) is 29.8. The molecule has 0 fully saturated rings. The summed E-state index contributed by atoms with van der Waals surface area (Å²) in [6, 6.07) is 78.5. The summed E-state index contributed by atoms with van der Waals surface area (Å²) in [5.74, 6) is 2.81. The van der Waals surface area contributed by atoms with E-state index in [0.29, 0.717) is 17.2 Å². The Kier molecular flexibility index (Phi) is 7.89. The van der Waals surface area contributed by atoms with E-state index in [4.69, 9.17) is 9.47 Å². The number of nitrogens with zero attached hydrogens (tertiary/aromatic N) is 1. The van der Waals surface area contributed by atoms with Gasteiger partial charge < -0.3 is 14.4 Å². The van der Waals surface area contributed by atoms with Crippen molar-refractivity contribution in [2.24, 2.45) is 0 Å². The predicted octanol–water partition coefficient (Wildman–Crippen LogP) is 14.8. The molecular formula is C57H39NO2. The number of fused-ring (bicyclic) bond motifs is 12. The molecule has 0 amide bonds. The number of rotatable bonds is 7. The van der Waals surface area contributed by atoms with Crippen LogP contribution in [0.4, 0.5) is 17.1 Å². The summed E-state index contributed by atoms with van der Waals surface area (Å²) in [4.78, 5) is 2.35. The van der Waals surface area contributed by atoms with Crippen LogP contribution in [0, 0.1) is 0 Å². The second-order valence-corrected chi connectivity index (χ2v) is 16.0. The van der Waals surface area contributed by atoms with E-state index >= 15 is 0 Å². The van der Waals surface area contributed by atoms with Crippen LogP contribution >= 0.6 is 0 Å². The monoisotopic (exact) mass is 769 g/mol. The summed E-state index contributed by atoms with van der Waals surface area (Å²) in [6.45, 7) is 0. The van der Waals surface area contributed by atoms with Gasteiger partial charge in [-0.05, 0) is 110 Å². The lowest BCUT2D eigenvalue weighted by Crippen LogP contribution is -2.25. The molecule has 1 unspecified atom stereocenters. The van der Waals surface area contributed by atoms with Gasteiger partial charge in [0.15, 0.2) is 23.0 Å². The molecule has 0 saturated carbocycles. The van der Waals surface area contributed by atoms with Crippen molar-refractivity contribution in [1.29, 1.82) is 0 Å². The first kappa shape index (κ1) is 34.4. The molecule has 0 N–H and O–H groups in total. The third kappa shape index (κ3) is 5.22. The molecule has 0 bridgehead atoms. The zero-order valence-electron chi connectivity index (χ0n) is 32.8. The molecule has 3 nitrogen and oxygen atoms in total. The van der Waals surface area contributed by atoms with Crippen LogP contribution in [-0.2, 0) is 11.8 Å². The molecule has 1 aliphatic heterocycles. The highest BCUT2D eigenvalue weighted by Crippen LogP contribution is 2.65. The third-order valence-electron chi connectivity index (χ3n) is 12.7. The first-order valence-electron chi connectivity index (χ1n) is 20.8. The molecule has 3 heteroatoms. The van der Waals surface area contributed by atoms with E-state index in [-0.39, 0.29) is 5.92 Å². The van der Waals surface area contributed by atoms with Gasteiger partial charge in [-0.2, -0.15) is 0 Å². The van der Waals surface area contributed by atoms with Crippen molar-refractivity contribution in [1.82, 2.24) is 0 Å². The fourth-order valence-electron chi connectivity index (χ4n) is 10.2. The Labute approximate surface area is 350 Å². The molecule has 12 rings (SSSR count). The summed E-state index contributed by atoms with van der Waals surface area (Å²) in [7, 11) is 0. The average molecular weight is 770 g/mol. The van der Waals surface area contributed by atoms with E-state index in [9.17, 15) is 0 Å². The van der Waals surface area contributed by atoms with Gasteiger partial charge in [-0.25, -0.2) is 0 Å². The number of benzene rings is 9. The zero-order chi connectivity index (χ0) is 39.6. The van der Waals surface area contributed by atoms with Crippen molar-refractivity contribution in [3.8, 4) is 45.3 Å². The Morgan fingerprint density at radius 1 is 0.383 bits per heavy atom. The maximum Gasteiger partial charge on any atom is 0.172 e. The van der Waals surface area contributed by atoms with Gasteiger partial charge in [0.25, 0.3) is 0 Å². The second kappa shape index (κ2) is 13.8. The minimum Gasteiger partial charge on any atom is -0.449 e. The third-order valence-corrected chi connectivity index (χ3v) is 12.7. The summed E-state index contributed by atoms with van der Waals surface area (Å²) in [5.41, 5.74) is 16.4. The summed E-state index contributed by atoms with van der Waals surface area (Å²) >= 11 is 0. The lowest BCUT2D eigenvalue weighted by molar-refractivity contribution is 0.358. The van der Waals surface area contributed by atoms with Gasteiger partial charge in [-0.1, -0.05) is 170 Å². The Hall–Kier alpha value is -7.62. The van der Waals surface area contributed by atoms with Crippen LogP contribution in [0.1, 0.15) is 44.9 Å². The molecule has 3 aliphatic rings. The first-order valence-corrected chi connectivity index (χ1v) is 20.8. The Morgan fingerprint density at radius 2 is 0.817 bits per heavy atom. The van der Waals surface area contributed by atoms with Crippen LogP contribution in [0.25, 0.3) is 22.3 Å². The van der Waals surface area contributed by atoms with E-state index in [2.05, 4.69) is 223 Å². The lowest BCUT2D eigenvalue weighted by Gasteiger charge is -2.33. The average Bonchev–Trinajstić information content (AvgIpc) is 3.77. The molecule has 9 aromatic rings. The Bertz CT molecular complexity index is 2980. The molecule has 284 valence electrons. The van der Waals surface area contributed by atoms with Crippen molar-refractivity contribution in [3.05, 3.63) is 257 Å². The molecule has 9 aromatic carbocycles. The zero-order valence-corrected chi connectivity index (χ0v) is 32.8. The summed E-state index contributed by atoms with van der Waals surface area (Å²) in [5, 5.41) is 0. The number of ether oxygens (including phenoxy) is 2. The molecule has 2 aliphatic carbocycles. The maximum atomic E-state index is 7.16. The van der Waals surface area contributed by atoms with Crippen molar-refractivity contribution >= 4 is 17.1 Å². The quantitative estimate of drug-likeness (QED) is 0.161. The lowest BCUT2D eigenvalue weighted by atomic mass is 9.70. The maximum absolute atomic E-state index is 7.16. The van der Waals surface area contributed by atoms with E-state index < -0.39 is 5.41 Å². The van der Waals surface area contributed by atoms with Gasteiger partial charge >= 0.3 is 0 Å². The number of para-hydroxylation sites is 2. The van der Waals surface area contributed by atoms with Gasteiger partial charge in [0, 0.05) is 23.4 Å². The largest absolute Gasteiger partial charge is 0.449 e.